The molecule has 0 aliphatic carbocycles. The van der Waals surface area contributed by atoms with Gasteiger partial charge in [0.1, 0.15) is 0 Å². The number of carbonyl (C=O) groups is 3. The minimum absolute atomic E-state index is 0.0307. The number of ether oxygens (including phenoxy) is 1. The Labute approximate surface area is 86.2 Å². The highest BCUT2D eigenvalue weighted by atomic mass is 16.5. The van der Waals surface area contributed by atoms with E-state index >= 15 is 0 Å². The van der Waals surface area contributed by atoms with Gasteiger partial charge < -0.3 is 14.9 Å². The number of carbonyl (C=O) groups excluding carboxylic acids is 1. The van der Waals surface area contributed by atoms with Gasteiger partial charge in [0.2, 0.25) is 0 Å². The molecule has 0 atom stereocenters. The number of nitrogens with zero attached hydrogens (tertiary/aromatic N) is 1. The van der Waals surface area contributed by atoms with E-state index in [1.165, 1.54) is 7.11 Å². The number of methoxy groups -OCH3 is 1. The first-order valence-electron chi connectivity index (χ1n) is 4.18. The van der Waals surface area contributed by atoms with Crippen molar-refractivity contribution in [2.75, 3.05) is 26.7 Å². The summed E-state index contributed by atoms with van der Waals surface area (Å²) in [6.07, 6.45) is -0.0307. The molecule has 0 fully saturated rings. The molecule has 0 saturated heterocycles. The van der Waals surface area contributed by atoms with Gasteiger partial charge in [-0.05, 0) is 0 Å². The van der Waals surface area contributed by atoms with Gasteiger partial charge in [-0.25, -0.2) is 0 Å². The number of carboxylic acids is 2. The zero-order valence-electron chi connectivity index (χ0n) is 8.30. The average molecular weight is 219 g/mol. The Morgan fingerprint density at radius 2 is 1.60 bits per heavy atom. The molecule has 0 aliphatic heterocycles. The Morgan fingerprint density at radius 3 is 1.93 bits per heavy atom. The molecule has 86 valence electrons. The standard InChI is InChI=1S/C8H13NO6/c1-15-8(14)2-3-9(4-6(10)11)5-7(12)13/h2-5H2,1H3,(H,10,11)(H,12,13). The van der Waals surface area contributed by atoms with Crippen LogP contribution in [0.5, 0.6) is 0 Å². The Morgan fingerprint density at radius 1 is 1.13 bits per heavy atom. The number of hydrogen-bond donors (Lipinski definition) is 2. The average Bonchev–Trinajstić information content (AvgIpc) is 2.11. The molecule has 0 aromatic heterocycles. The lowest BCUT2D eigenvalue weighted by Gasteiger charge is -2.16. The molecule has 0 heterocycles. The summed E-state index contributed by atoms with van der Waals surface area (Å²) in [6.45, 7) is -0.780. The zero-order valence-corrected chi connectivity index (χ0v) is 8.30. The van der Waals surface area contributed by atoms with E-state index in [-0.39, 0.29) is 13.0 Å². The van der Waals surface area contributed by atoms with Gasteiger partial charge in [-0.2, -0.15) is 0 Å². The van der Waals surface area contributed by atoms with E-state index in [0.29, 0.717) is 0 Å². The lowest BCUT2D eigenvalue weighted by molar-refractivity contribution is -0.145. The Bertz CT molecular complexity index is 236. The molecule has 0 spiro atoms. The van der Waals surface area contributed by atoms with Crippen molar-refractivity contribution in [3.8, 4) is 0 Å². The van der Waals surface area contributed by atoms with Crippen molar-refractivity contribution in [3.05, 3.63) is 0 Å². The van der Waals surface area contributed by atoms with Crippen LogP contribution in [0.4, 0.5) is 0 Å². The van der Waals surface area contributed by atoms with E-state index in [0.717, 1.165) is 4.90 Å². The van der Waals surface area contributed by atoms with Crippen molar-refractivity contribution >= 4 is 17.9 Å². The van der Waals surface area contributed by atoms with Gasteiger partial charge in [-0.3, -0.25) is 19.3 Å². The minimum atomic E-state index is -1.14. The molecule has 0 rings (SSSR count). The third kappa shape index (κ3) is 7.44. The summed E-state index contributed by atoms with van der Waals surface area (Å²) in [5.74, 6) is -2.78. The first-order chi connectivity index (χ1) is 6.95. The van der Waals surface area contributed by atoms with Crippen LogP contribution in [0.15, 0.2) is 0 Å². The lowest BCUT2D eigenvalue weighted by atomic mass is 10.3. The summed E-state index contributed by atoms with van der Waals surface area (Å²) in [6, 6.07) is 0. The first-order valence-corrected chi connectivity index (χ1v) is 4.18. The Kier molecular flexibility index (Phi) is 6.03. The van der Waals surface area contributed by atoms with Gasteiger partial charge in [0.25, 0.3) is 0 Å². The van der Waals surface area contributed by atoms with Gasteiger partial charge in [0.05, 0.1) is 26.6 Å². The third-order valence-electron chi connectivity index (χ3n) is 1.58. The largest absolute Gasteiger partial charge is 0.480 e. The fourth-order valence-electron chi connectivity index (χ4n) is 0.948. The van der Waals surface area contributed by atoms with E-state index in [1.54, 1.807) is 0 Å². The quantitative estimate of drug-likeness (QED) is 0.530. The second-order valence-corrected chi connectivity index (χ2v) is 2.82. The fourth-order valence-corrected chi connectivity index (χ4v) is 0.948. The summed E-state index contributed by atoms with van der Waals surface area (Å²) in [7, 11) is 1.21. The highest BCUT2D eigenvalue weighted by Gasteiger charge is 2.14. The highest BCUT2D eigenvalue weighted by molar-refractivity contribution is 5.73. The van der Waals surface area contributed by atoms with Crippen molar-refractivity contribution in [3.63, 3.8) is 0 Å². The summed E-state index contributed by atoms with van der Waals surface area (Å²) >= 11 is 0. The summed E-state index contributed by atoms with van der Waals surface area (Å²) in [5.41, 5.74) is 0. The molecule has 0 radical (unpaired) electrons. The molecular formula is C8H13NO6. The number of hydrogen-bond acceptors (Lipinski definition) is 5. The predicted octanol–water partition coefficient (Wildman–Crippen LogP) is -0.979. The van der Waals surface area contributed by atoms with Crippen LogP contribution in [0.1, 0.15) is 6.42 Å². The molecule has 15 heavy (non-hydrogen) atoms. The molecule has 7 nitrogen and oxygen atoms in total. The van der Waals surface area contributed by atoms with Crippen LogP contribution in [-0.4, -0.2) is 59.8 Å². The normalized spacial score (nSPS) is 10.0. The molecule has 0 aromatic carbocycles. The maximum atomic E-state index is 10.7. The smallest absolute Gasteiger partial charge is 0.317 e. The number of carboxylic acid groups (broad SMARTS) is 2. The van der Waals surface area contributed by atoms with E-state index in [9.17, 15) is 14.4 Å². The monoisotopic (exact) mass is 219 g/mol. The number of aliphatic carboxylic acids is 2. The van der Waals surface area contributed by atoms with Gasteiger partial charge in [0.15, 0.2) is 0 Å². The van der Waals surface area contributed by atoms with Crippen LogP contribution < -0.4 is 0 Å². The fraction of sp³-hybridized carbons (Fsp3) is 0.625. The van der Waals surface area contributed by atoms with E-state index in [1.807, 2.05) is 0 Å². The third-order valence-corrected chi connectivity index (χ3v) is 1.58. The summed E-state index contributed by atoms with van der Waals surface area (Å²) in [4.78, 5) is 32.6. The minimum Gasteiger partial charge on any atom is -0.480 e. The van der Waals surface area contributed by atoms with E-state index in [4.69, 9.17) is 10.2 Å². The number of rotatable bonds is 7. The van der Waals surface area contributed by atoms with Crippen molar-refractivity contribution < 1.29 is 29.3 Å². The molecule has 0 aliphatic rings. The molecule has 7 heteroatoms. The van der Waals surface area contributed by atoms with Gasteiger partial charge in [0, 0.05) is 6.54 Å². The Balaban J connectivity index is 4.06. The molecule has 0 bridgehead atoms. The SMILES string of the molecule is COC(=O)CCN(CC(=O)O)CC(=O)O. The second-order valence-electron chi connectivity index (χ2n) is 2.82. The van der Waals surface area contributed by atoms with Crippen LogP contribution in [0.2, 0.25) is 0 Å². The van der Waals surface area contributed by atoms with E-state index < -0.39 is 31.0 Å². The molecule has 0 amide bonds. The van der Waals surface area contributed by atoms with Crippen LogP contribution >= 0.6 is 0 Å². The number of esters is 1. The van der Waals surface area contributed by atoms with Crippen LogP contribution in [0.3, 0.4) is 0 Å². The van der Waals surface area contributed by atoms with Gasteiger partial charge >= 0.3 is 17.9 Å². The lowest BCUT2D eigenvalue weighted by Crippen LogP contribution is -2.36. The van der Waals surface area contributed by atoms with E-state index in [2.05, 4.69) is 4.74 Å². The topological polar surface area (TPSA) is 104 Å². The zero-order chi connectivity index (χ0) is 11.8. The summed E-state index contributed by atoms with van der Waals surface area (Å²) in [5, 5.41) is 16.9. The van der Waals surface area contributed by atoms with Gasteiger partial charge in [-0.15, -0.1) is 0 Å². The predicted molar refractivity (Wildman–Crippen MR) is 48.3 cm³/mol. The first kappa shape index (κ1) is 13.4. The maximum absolute atomic E-state index is 10.7. The molecule has 0 aromatic rings. The molecule has 2 N–H and O–H groups in total. The van der Waals surface area contributed by atoms with Crippen LogP contribution in [0, 0.1) is 0 Å². The van der Waals surface area contributed by atoms with Crippen molar-refractivity contribution in [1.82, 2.24) is 4.90 Å². The van der Waals surface area contributed by atoms with Crippen molar-refractivity contribution in [2.45, 2.75) is 6.42 Å². The van der Waals surface area contributed by atoms with Gasteiger partial charge in [-0.1, -0.05) is 0 Å². The van der Waals surface area contributed by atoms with Crippen LogP contribution in [0.25, 0.3) is 0 Å². The Hall–Kier alpha value is -1.63. The van der Waals surface area contributed by atoms with Crippen molar-refractivity contribution in [1.29, 1.82) is 0 Å². The second kappa shape index (κ2) is 6.77. The molecule has 0 saturated carbocycles. The van der Waals surface area contributed by atoms with Crippen molar-refractivity contribution in [2.24, 2.45) is 0 Å². The van der Waals surface area contributed by atoms with Crippen LogP contribution in [-0.2, 0) is 19.1 Å². The molecular weight excluding hydrogens is 206 g/mol. The summed E-state index contributed by atoms with van der Waals surface area (Å²) < 4.78 is 4.35. The molecule has 0 unspecified atom stereocenters. The highest BCUT2D eigenvalue weighted by Crippen LogP contribution is 1.93. The maximum Gasteiger partial charge on any atom is 0.317 e.